The normalized spacial score (nSPS) is 17.6. The van der Waals surface area contributed by atoms with Gasteiger partial charge in [0.2, 0.25) is 5.91 Å². The third-order valence-electron chi connectivity index (χ3n) is 3.64. The number of nitrogens with one attached hydrogen (secondary N) is 1. The van der Waals surface area contributed by atoms with Crippen LogP contribution in [-0.2, 0) is 11.2 Å². The topological polar surface area (TPSA) is 42.0 Å². The second-order valence-electron chi connectivity index (χ2n) is 5.00. The number of halogens is 1. The van der Waals surface area contributed by atoms with Gasteiger partial charge < -0.3 is 5.32 Å². The summed E-state index contributed by atoms with van der Waals surface area (Å²) in [5, 5.41) is 5.03. The quantitative estimate of drug-likeness (QED) is 0.878. The maximum Gasteiger partial charge on any atom is 0.233 e. The lowest BCUT2D eigenvalue weighted by Gasteiger charge is -2.21. The Morgan fingerprint density at radius 3 is 3.10 bits per heavy atom. The zero-order valence-electron chi connectivity index (χ0n) is 11.1. The van der Waals surface area contributed by atoms with Crippen LogP contribution in [-0.4, -0.2) is 10.9 Å². The molecule has 1 atom stereocenters. The van der Waals surface area contributed by atoms with Gasteiger partial charge in [0.1, 0.15) is 5.82 Å². The zero-order valence-corrected chi connectivity index (χ0v) is 13.6. The number of nitrogens with zero attached hydrogens (tertiary/aromatic N) is 1. The Kier molecular flexibility index (Phi) is 3.89. The third kappa shape index (κ3) is 2.65. The molecule has 0 saturated heterocycles. The number of pyridine rings is 1. The molecule has 0 radical (unpaired) electrons. The van der Waals surface area contributed by atoms with E-state index in [0.29, 0.717) is 5.82 Å². The van der Waals surface area contributed by atoms with Crippen molar-refractivity contribution in [2.45, 2.75) is 32.1 Å². The first-order valence-corrected chi connectivity index (χ1v) is 8.32. The third-order valence-corrected chi connectivity index (χ3v) is 5.48. The number of hydrogen-bond donors (Lipinski definition) is 1. The fourth-order valence-corrected chi connectivity index (χ4v) is 3.79. The number of carbonyl (C=O) groups excluding carboxylic acids is 1. The molecule has 0 spiro atoms. The number of aromatic nitrogens is 1. The summed E-state index contributed by atoms with van der Waals surface area (Å²) < 4.78 is 0.952. The average Bonchev–Trinajstić information content (AvgIpc) is 2.91. The molecule has 0 aliphatic heterocycles. The van der Waals surface area contributed by atoms with Crippen molar-refractivity contribution in [3.05, 3.63) is 44.2 Å². The first-order chi connectivity index (χ1) is 9.65. The van der Waals surface area contributed by atoms with Crippen LogP contribution in [0.1, 0.15) is 34.9 Å². The van der Waals surface area contributed by atoms with Crippen LogP contribution in [0.2, 0.25) is 0 Å². The average molecular weight is 351 g/mol. The largest absolute Gasteiger partial charge is 0.310 e. The van der Waals surface area contributed by atoms with E-state index in [1.165, 1.54) is 10.4 Å². The molecule has 104 valence electrons. The monoisotopic (exact) mass is 350 g/mol. The highest BCUT2D eigenvalue weighted by atomic mass is 79.9. The molecule has 2 aromatic heterocycles. The molecule has 1 aliphatic carbocycles. The lowest BCUT2D eigenvalue weighted by atomic mass is 9.87. The second-order valence-corrected chi connectivity index (χ2v) is 6.85. The van der Waals surface area contributed by atoms with E-state index in [0.717, 1.165) is 29.4 Å². The Morgan fingerprint density at radius 1 is 1.45 bits per heavy atom. The van der Waals surface area contributed by atoms with Crippen LogP contribution < -0.4 is 5.32 Å². The molecule has 0 bridgehead atoms. The van der Waals surface area contributed by atoms with Gasteiger partial charge in [0.15, 0.2) is 0 Å². The fraction of sp³-hybridized carbons (Fsp3) is 0.333. The minimum Gasteiger partial charge on any atom is -0.310 e. The lowest BCUT2D eigenvalue weighted by Crippen LogP contribution is -2.24. The van der Waals surface area contributed by atoms with Gasteiger partial charge in [-0.2, -0.15) is 0 Å². The summed E-state index contributed by atoms with van der Waals surface area (Å²) in [7, 11) is 0. The van der Waals surface area contributed by atoms with Gasteiger partial charge in [-0.15, -0.1) is 11.3 Å². The van der Waals surface area contributed by atoms with Crippen molar-refractivity contribution in [1.29, 1.82) is 0 Å². The van der Waals surface area contributed by atoms with E-state index in [4.69, 9.17) is 0 Å². The van der Waals surface area contributed by atoms with E-state index in [1.54, 1.807) is 11.3 Å². The Labute approximate surface area is 130 Å². The highest BCUT2D eigenvalue weighted by Crippen LogP contribution is 2.35. The van der Waals surface area contributed by atoms with E-state index in [-0.39, 0.29) is 11.8 Å². The van der Waals surface area contributed by atoms with Crippen LogP contribution >= 0.6 is 27.3 Å². The SMILES string of the molecule is Cc1nc(NC(=O)C2CCCc3sccc32)ccc1Br. The molecule has 2 heterocycles. The summed E-state index contributed by atoms with van der Waals surface area (Å²) >= 11 is 5.17. The maximum atomic E-state index is 12.5. The van der Waals surface area contributed by atoms with Crippen molar-refractivity contribution in [3.63, 3.8) is 0 Å². The predicted octanol–water partition coefficient (Wildman–Crippen LogP) is 4.27. The van der Waals surface area contributed by atoms with Crippen molar-refractivity contribution in [2.75, 3.05) is 5.32 Å². The number of thiophene rings is 1. The Bertz CT molecular complexity index is 653. The van der Waals surface area contributed by atoms with E-state index in [9.17, 15) is 4.79 Å². The second kappa shape index (κ2) is 5.66. The lowest BCUT2D eigenvalue weighted by molar-refractivity contribution is -0.117. The summed E-state index contributed by atoms with van der Waals surface area (Å²) in [6, 6.07) is 5.82. The summed E-state index contributed by atoms with van der Waals surface area (Å²) in [6.45, 7) is 1.91. The minimum atomic E-state index is -0.0317. The first kappa shape index (κ1) is 13.8. The van der Waals surface area contributed by atoms with Crippen LogP contribution in [0.3, 0.4) is 0 Å². The molecule has 3 nitrogen and oxygen atoms in total. The molecule has 2 aromatic rings. The van der Waals surface area contributed by atoms with Gasteiger partial charge in [0, 0.05) is 9.35 Å². The van der Waals surface area contributed by atoms with Gasteiger partial charge in [-0.1, -0.05) is 0 Å². The van der Waals surface area contributed by atoms with E-state index < -0.39 is 0 Å². The molecule has 0 fully saturated rings. The Balaban J connectivity index is 1.79. The van der Waals surface area contributed by atoms with E-state index in [2.05, 4.69) is 37.7 Å². The molecule has 3 rings (SSSR count). The highest BCUT2D eigenvalue weighted by molar-refractivity contribution is 9.10. The zero-order chi connectivity index (χ0) is 14.1. The van der Waals surface area contributed by atoms with Gasteiger partial charge >= 0.3 is 0 Å². The molecular formula is C15H15BrN2OS. The van der Waals surface area contributed by atoms with Crippen LogP contribution in [0.5, 0.6) is 0 Å². The molecule has 1 aliphatic rings. The Hall–Kier alpha value is -1.20. The number of carbonyl (C=O) groups is 1. The van der Waals surface area contributed by atoms with Gasteiger partial charge in [-0.25, -0.2) is 4.98 Å². The molecular weight excluding hydrogens is 336 g/mol. The van der Waals surface area contributed by atoms with Gasteiger partial charge in [-0.3, -0.25) is 4.79 Å². The number of fused-ring (bicyclic) bond motifs is 1. The molecule has 5 heteroatoms. The van der Waals surface area contributed by atoms with Gasteiger partial charge in [0.25, 0.3) is 0 Å². The van der Waals surface area contributed by atoms with Crippen molar-refractivity contribution >= 4 is 39.0 Å². The van der Waals surface area contributed by atoms with Crippen LogP contribution in [0.25, 0.3) is 0 Å². The first-order valence-electron chi connectivity index (χ1n) is 6.65. The number of amides is 1. The standard InChI is InChI=1S/C15H15BrN2OS/c1-9-12(16)5-6-14(17-9)18-15(19)11-3-2-4-13-10(11)7-8-20-13/h5-8,11H,2-4H2,1H3,(H,17,18,19). The van der Waals surface area contributed by atoms with Crippen molar-refractivity contribution in [1.82, 2.24) is 4.98 Å². The number of hydrogen-bond acceptors (Lipinski definition) is 3. The molecule has 1 unspecified atom stereocenters. The summed E-state index contributed by atoms with van der Waals surface area (Å²) in [6.07, 6.45) is 3.11. The number of rotatable bonds is 2. The number of aryl methyl sites for hydroxylation is 2. The van der Waals surface area contributed by atoms with Gasteiger partial charge in [0.05, 0.1) is 11.6 Å². The minimum absolute atomic E-state index is 0.0317. The molecule has 0 saturated carbocycles. The molecule has 1 N–H and O–H groups in total. The van der Waals surface area contributed by atoms with Gasteiger partial charge in [-0.05, 0) is 71.3 Å². The molecule has 1 amide bonds. The Morgan fingerprint density at radius 2 is 2.30 bits per heavy atom. The summed E-state index contributed by atoms with van der Waals surface area (Å²) in [5.41, 5.74) is 2.08. The van der Waals surface area contributed by atoms with Crippen molar-refractivity contribution in [3.8, 4) is 0 Å². The maximum absolute atomic E-state index is 12.5. The van der Waals surface area contributed by atoms with Crippen molar-refractivity contribution in [2.24, 2.45) is 0 Å². The number of anilines is 1. The van der Waals surface area contributed by atoms with E-state index >= 15 is 0 Å². The summed E-state index contributed by atoms with van der Waals surface area (Å²) in [5.74, 6) is 0.646. The van der Waals surface area contributed by atoms with Crippen LogP contribution in [0, 0.1) is 6.92 Å². The highest BCUT2D eigenvalue weighted by Gasteiger charge is 2.27. The summed E-state index contributed by atoms with van der Waals surface area (Å²) in [4.78, 5) is 18.2. The van der Waals surface area contributed by atoms with Crippen LogP contribution in [0.15, 0.2) is 28.1 Å². The van der Waals surface area contributed by atoms with Crippen LogP contribution in [0.4, 0.5) is 5.82 Å². The smallest absolute Gasteiger partial charge is 0.233 e. The molecule has 0 aromatic carbocycles. The van der Waals surface area contributed by atoms with E-state index in [1.807, 2.05) is 19.1 Å². The fourth-order valence-electron chi connectivity index (χ4n) is 2.59. The molecule has 20 heavy (non-hydrogen) atoms. The van der Waals surface area contributed by atoms with Crippen molar-refractivity contribution < 1.29 is 4.79 Å². The predicted molar refractivity (Wildman–Crippen MR) is 85.3 cm³/mol.